The lowest BCUT2D eigenvalue weighted by Gasteiger charge is -2.47. The number of aliphatic hydroxyl groups excluding tert-OH is 1. The van der Waals surface area contributed by atoms with Crippen molar-refractivity contribution >= 4 is 35.0 Å². The van der Waals surface area contributed by atoms with Crippen LogP contribution in [0.5, 0.6) is 0 Å². The highest BCUT2D eigenvalue weighted by Crippen LogP contribution is 2.39. The normalized spacial score (nSPS) is 41.6. The predicted molar refractivity (Wildman–Crippen MR) is 212 cm³/mol. The molecule has 0 aromatic carbocycles. The van der Waals surface area contributed by atoms with Crippen LogP contribution in [0, 0.1) is 29.6 Å². The molecule has 2 N–H and O–H groups in total. The third-order valence-corrected chi connectivity index (χ3v) is 13.3. The minimum absolute atomic E-state index is 0.0425. The van der Waals surface area contributed by atoms with E-state index in [4.69, 9.17) is 35.3 Å². The van der Waals surface area contributed by atoms with Crippen molar-refractivity contribution in [3.05, 3.63) is 23.3 Å². The SMILES string of the molecule is CC[C@@H]1/C=C(/C)C[C@H](C)C[C@H](OC)[C@H]2O[C@@](O)(C(=O)C(=O)N3CCCCC3C(=O)O[C@H](/C(C)=C/[C@@H]3CC[C@H](Cl)[C@H](OC)C3)[C@@H](C)[C@@H](O)CC1=O)[C@H](C)C[C@@H]2OC. The monoisotopic (exact) mass is 809 g/mol. The van der Waals surface area contributed by atoms with Gasteiger partial charge in [-0.2, -0.15) is 0 Å². The smallest absolute Gasteiger partial charge is 0.329 e. The molecule has 0 aromatic rings. The van der Waals surface area contributed by atoms with E-state index in [1.54, 1.807) is 21.0 Å². The number of rotatable bonds is 6. The first-order valence-electron chi connectivity index (χ1n) is 20.7. The lowest BCUT2D eigenvalue weighted by Crippen LogP contribution is -2.64. The van der Waals surface area contributed by atoms with Crippen molar-refractivity contribution in [3.63, 3.8) is 0 Å². The van der Waals surface area contributed by atoms with Gasteiger partial charge < -0.3 is 38.8 Å². The van der Waals surface area contributed by atoms with Crippen molar-refractivity contribution < 1.29 is 53.1 Å². The second-order valence-electron chi connectivity index (χ2n) is 17.1. The molecule has 14 atom stereocenters. The molecule has 1 unspecified atom stereocenters. The fourth-order valence-electron chi connectivity index (χ4n) is 9.36. The van der Waals surface area contributed by atoms with Crippen molar-refractivity contribution in [1.29, 1.82) is 0 Å². The van der Waals surface area contributed by atoms with Crippen LogP contribution >= 0.6 is 11.6 Å². The Kier molecular flexibility index (Phi) is 17.2. The number of esters is 1. The molecule has 1 amide bonds. The summed E-state index contributed by atoms with van der Waals surface area (Å²) in [7, 11) is 4.71. The number of alkyl halides is 1. The Hall–Kier alpha value is -2.19. The van der Waals surface area contributed by atoms with E-state index in [9.17, 15) is 29.4 Å². The zero-order chi connectivity index (χ0) is 41.5. The van der Waals surface area contributed by atoms with E-state index < -0.39 is 77.8 Å². The molecule has 4 aliphatic rings. The number of amides is 1. The van der Waals surface area contributed by atoms with Gasteiger partial charge in [-0.15, -0.1) is 11.6 Å². The van der Waals surface area contributed by atoms with E-state index >= 15 is 0 Å². The summed E-state index contributed by atoms with van der Waals surface area (Å²) in [6.45, 7) is 11.3. The second kappa shape index (κ2) is 20.7. The Morgan fingerprint density at radius 1 is 0.964 bits per heavy atom. The van der Waals surface area contributed by atoms with Gasteiger partial charge in [-0.1, -0.05) is 45.4 Å². The number of Topliss-reactive ketones (excluding diaryl/α,β-unsaturated/α-hetero) is 2. The van der Waals surface area contributed by atoms with Gasteiger partial charge in [0.1, 0.15) is 24.0 Å². The number of cyclic esters (lactones) is 1. The maximum atomic E-state index is 14.3. The number of ether oxygens (including phenoxy) is 5. The number of ketones is 2. The number of halogens is 1. The molecular formula is C43H68ClNO11. The summed E-state index contributed by atoms with van der Waals surface area (Å²) in [6, 6.07) is -1.12. The molecule has 2 bridgehead atoms. The summed E-state index contributed by atoms with van der Waals surface area (Å²) in [6.07, 6.45) is 5.16. The van der Waals surface area contributed by atoms with Crippen molar-refractivity contribution in [1.82, 2.24) is 4.90 Å². The molecule has 0 aromatic heterocycles. The molecule has 3 fully saturated rings. The highest BCUT2D eigenvalue weighted by Gasteiger charge is 2.56. The molecule has 2 saturated heterocycles. The van der Waals surface area contributed by atoms with Crippen LogP contribution in [0.15, 0.2) is 23.3 Å². The average molecular weight is 810 g/mol. The molecule has 1 saturated carbocycles. The first kappa shape index (κ1) is 46.5. The molecule has 13 heteroatoms. The second-order valence-corrected chi connectivity index (χ2v) is 17.7. The quantitative estimate of drug-likeness (QED) is 0.146. The van der Waals surface area contributed by atoms with E-state index in [0.29, 0.717) is 44.1 Å². The minimum atomic E-state index is -2.49. The number of carbonyl (C=O) groups excluding carboxylic acids is 4. The predicted octanol–water partition coefficient (Wildman–Crippen LogP) is 5.72. The Balaban J connectivity index is 1.76. The number of carbonyl (C=O) groups is 4. The van der Waals surface area contributed by atoms with Gasteiger partial charge in [0.15, 0.2) is 0 Å². The Morgan fingerprint density at radius 2 is 1.62 bits per heavy atom. The van der Waals surface area contributed by atoms with E-state index in [1.807, 2.05) is 32.9 Å². The Morgan fingerprint density at radius 3 is 2.27 bits per heavy atom. The van der Waals surface area contributed by atoms with Gasteiger partial charge in [-0.25, -0.2) is 4.79 Å². The Labute approximate surface area is 339 Å². The largest absolute Gasteiger partial charge is 0.456 e. The lowest BCUT2D eigenvalue weighted by atomic mass is 9.82. The molecule has 3 heterocycles. The number of methoxy groups -OCH3 is 3. The molecule has 3 aliphatic heterocycles. The number of nitrogens with zero attached hydrogens (tertiary/aromatic N) is 1. The standard InChI is InChI=1S/C43H68ClNO11/c1-10-30-18-24(2)17-25(3)19-36(53-8)39-37(54-9)21-27(5)43(51,56-39)40(48)41(49)45-16-12-11-13-32(45)42(50)55-38(28(6)33(46)23-34(30)47)26(4)20-29-14-15-31(44)35(22-29)52-7/h18,20,25,27-33,35-39,46,51H,10-17,19,21-23H2,1-9H3/b24-18-,26-20+/t25-,27+,28-,29-,30+,31-,32?,33-,35+,36-,37-,38+,39+,43+/m0/s1. The zero-order valence-electron chi connectivity index (χ0n) is 35.0. The molecule has 4 rings (SSSR count). The van der Waals surface area contributed by atoms with Crippen LogP contribution in [0.4, 0.5) is 0 Å². The molecule has 318 valence electrons. The fraction of sp³-hybridized carbons (Fsp3) is 0.814. The van der Waals surface area contributed by atoms with E-state index in [1.165, 1.54) is 19.1 Å². The molecule has 1 aliphatic carbocycles. The zero-order valence-corrected chi connectivity index (χ0v) is 35.8. The van der Waals surface area contributed by atoms with Crippen LogP contribution in [0.1, 0.15) is 112 Å². The van der Waals surface area contributed by atoms with Crippen LogP contribution in [0.3, 0.4) is 0 Å². The van der Waals surface area contributed by atoms with Gasteiger partial charge >= 0.3 is 5.97 Å². The maximum Gasteiger partial charge on any atom is 0.329 e. The number of piperidine rings is 1. The third kappa shape index (κ3) is 10.9. The summed E-state index contributed by atoms with van der Waals surface area (Å²) in [5.41, 5.74) is 1.71. The number of hydrogen-bond acceptors (Lipinski definition) is 11. The summed E-state index contributed by atoms with van der Waals surface area (Å²) >= 11 is 6.52. The minimum Gasteiger partial charge on any atom is -0.456 e. The van der Waals surface area contributed by atoms with E-state index in [2.05, 4.69) is 6.92 Å². The number of aliphatic hydroxyl groups is 2. The summed E-state index contributed by atoms with van der Waals surface area (Å²) < 4.78 is 29.9. The van der Waals surface area contributed by atoms with Crippen LogP contribution in [0.2, 0.25) is 0 Å². The van der Waals surface area contributed by atoms with E-state index in [0.717, 1.165) is 18.4 Å². The highest BCUT2D eigenvalue weighted by molar-refractivity contribution is 6.39. The van der Waals surface area contributed by atoms with Crippen LogP contribution in [0.25, 0.3) is 0 Å². The fourth-order valence-corrected chi connectivity index (χ4v) is 9.69. The van der Waals surface area contributed by atoms with Crippen molar-refractivity contribution in [2.24, 2.45) is 29.6 Å². The first-order chi connectivity index (χ1) is 26.5. The van der Waals surface area contributed by atoms with Crippen LogP contribution in [-0.2, 0) is 42.9 Å². The summed E-state index contributed by atoms with van der Waals surface area (Å²) in [5, 5.41) is 23.6. The highest BCUT2D eigenvalue weighted by atomic mass is 35.5. The summed E-state index contributed by atoms with van der Waals surface area (Å²) in [5.74, 6) is -7.31. The Bertz CT molecular complexity index is 1440. The molecule has 12 nitrogen and oxygen atoms in total. The van der Waals surface area contributed by atoms with Crippen LogP contribution < -0.4 is 0 Å². The van der Waals surface area contributed by atoms with Gasteiger partial charge in [0.2, 0.25) is 5.79 Å². The number of hydrogen-bond donors (Lipinski definition) is 2. The maximum absolute atomic E-state index is 14.3. The lowest BCUT2D eigenvalue weighted by molar-refractivity contribution is -0.302. The molecule has 0 spiro atoms. The topological polar surface area (TPSA) is 158 Å². The van der Waals surface area contributed by atoms with Crippen molar-refractivity contribution in [2.45, 2.75) is 166 Å². The average Bonchev–Trinajstić information content (AvgIpc) is 3.18. The van der Waals surface area contributed by atoms with Crippen LogP contribution in [-0.4, -0.2) is 120 Å². The van der Waals surface area contributed by atoms with Gasteiger partial charge in [0, 0.05) is 52.0 Å². The summed E-state index contributed by atoms with van der Waals surface area (Å²) in [4.78, 5) is 57.7. The molecule has 56 heavy (non-hydrogen) atoms. The van der Waals surface area contributed by atoms with Crippen molar-refractivity contribution in [3.8, 4) is 0 Å². The third-order valence-electron chi connectivity index (χ3n) is 12.8. The van der Waals surface area contributed by atoms with Gasteiger partial charge in [0.05, 0.1) is 29.8 Å². The molecule has 0 radical (unpaired) electrons. The number of allylic oxidation sites excluding steroid dienone is 3. The van der Waals surface area contributed by atoms with Gasteiger partial charge in [0.25, 0.3) is 11.7 Å². The number of fused-ring (bicyclic) bond motifs is 3. The van der Waals surface area contributed by atoms with Gasteiger partial charge in [-0.05, 0) is 95.5 Å². The first-order valence-corrected chi connectivity index (χ1v) is 21.2. The van der Waals surface area contributed by atoms with Gasteiger partial charge in [-0.3, -0.25) is 14.4 Å². The van der Waals surface area contributed by atoms with E-state index in [-0.39, 0.29) is 54.9 Å². The molecular weight excluding hydrogens is 742 g/mol. The van der Waals surface area contributed by atoms with Crippen molar-refractivity contribution in [2.75, 3.05) is 27.9 Å².